The molecule has 4 nitrogen and oxygen atoms in total. The van der Waals surface area contributed by atoms with E-state index in [9.17, 15) is 0 Å². The normalized spacial score (nSPS) is 10.4. The molecule has 0 amide bonds. The Kier molecular flexibility index (Phi) is 3.38. The number of ether oxygens (including phenoxy) is 2. The average molecular weight is 298 g/mol. The molecule has 0 radical (unpaired) electrons. The number of aromatic nitrogens is 1. The minimum absolute atomic E-state index is 0.613. The molecule has 0 aliphatic rings. The zero-order valence-electron chi connectivity index (χ0n) is 9.78. The van der Waals surface area contributed by atoms with Crippen molar-refractivity contribution in [2.24, 2.45) is 0 Å². The first-order valence-electron chi connectivity index (χ1n) is 5.01. The van der Waals surface area contributed by atoms with Gasteiger partial charge < -0.3 is 13.9 Å². The summed E-state index contributed by atoms with van der Waals surface area (Å²) >= 11 is 3.33. The summed E-state index contributed by atoms with van der Waals surface area (Å²) in [4.78, 5) is 4.30. The van der Waals surface area contributed by atoms with Crippen LogP contribution in [-0.4, -0.2) is 19.2 Å². The van der Waals surface area contributed by atoms with Crippen LogP contribution < -0.4 is 9.47 Å². The first-order valence-corrected chi connectivity index (χ1v) is 5.80. The van der Waals surface area contributed by atoms with Gasteiger partial charge in [-0.1, -0.05) is 0 Å². The monoisotopic (exact) mass is 297 g/mol. The molecule has 17 heavy (non-hydrogen) atoms. The SMILES string of the molecule is COc1ccc(-c2nc(C)oc2Br)cc1OC. The van der Waals surface area contributed by atoms with Gasteiger partial charge in [-0.15, -0.1) is 0 Å². The van der Waals surface area contributed by atoms with Crippen molar-refractivity contribution in [2.75, 3.05) is 14.2 Å². The van der Waals surface area contributed by atoms with Crippen LogP contribution >= 0.6 is 15.9 Å². The van der Waals surface area contributed by atoms with Gasteiger partial charge in [0.1, 0.15) is 5.69 Å². The van der Waals surface area contributed by atoms with Crippen molar-refractivity contribution in [3.8, 4) is 22.8 Å². The molecule has 1 aromatic carbocycles. The largest absolute Gasteiger partial charge is 0.493 e. The molecule has 0 fully saturated rings. The first kappa shape index (κ1) is 12.0. The van der Waals surface area contributed by atoms with Crippen molar-refractivity contribution >= 4 is 15.9 Å². The van der Waals surface area contributed by atoms with Gasteiger partial charge in [0.25, 0.3) is 0 Å². The van der Waals surface area contributed by atoms with Gasteiger partial charge in [0.2, 0.25) is 0 Å². The Bertz CT molecular complexity index is 537. The maximum Gasteiger partial charge on any atom is 0.197 e. The van der Waals surface area contributed by atoms with Crippen LogP contribution in [0, 0.1) is 6.92 Å². The van der Waals surface area contributed by atoms with E-state index in [1.165, 1.54) is 0 Å². The molecule has 90 valence electrons. The molecule has 2 rings (SSSR count). The Morgan fingerprint density at radius 2 is 1.88 bits per heavy atom. The highest BCUT2D eigenvalue weighted by Crippen LogP contribution is 2.35. The third-order valence-corrected chi connectivity index (χ3v) is 2.89. The highest BCUT2D eigenvalue weighted by Gasteiger charge is 2.13. The summed E-state index contributed by atoms with van der Waals surface area (Å²) in [5.74, 6) is 1.96. The fraction of sp³-hybridized carbons (Fsp3) is 0.250. The van der Waals surface area contributed by atoms with Crippen LogP contribution in [0.5, 0.6) is 11.5 Å². The van der Waals surface area contributed by atoms with E-state index in [2.05, 4.69) is 20.9 Å². The minimum atomic E-state index is 0.613. The molecule has 0 atom stereocenters. The van der Waals surface area contributed by atoms with Gasteiger partial charge in [-0.2, -0.15) is 0 Å². The Labute approximate surface area is 108 Å². The zero-order chi connectivity index (χ0) is 12.4. The Morgan fingerprint density at radius 3 is 2.41 bits per heavy atom. The number of benzene rings is 1. The van der Waals surface area contributed by atoms with Gasteiger partial charge in [-0.25, -0.2) is 4.98 Å². The van der Waals surface area contributed by atoms with Crippen LogP contribution in [0.4, 0.5) is 0 Å². The van der Waals surface area contributed by atoms with Crippen LogP contribution in [0.1, 0.15) is 5.89 Å². The van der Waals surface area contributed by atoms with Crippen molar-refractivity contribution in [3.05, 3.63) is 28.8 Å². The predicted octanol–water partition coefficient (Wildman–Crippen LogP) is 3.43. The van der Waals surface area contributed by atoms with Crippen molar-refractivity contribution in [1.29, 1.82) is 0 Å². The van der Waals surface area contributed by atoms with Crippen molar-refractivity contribution in [1.82, 2.24) is 4.98 Å². The van der Waals surface area contributed by atoms with E-state index in [0.717, 1.165) is 11.3 Å². The molecule has 0 saturated carbocycles. The molecule has 0 spiro atoms. The number of hydrogen-bond acceptors (Lipinski definition) is 4. The molecule has 0 unspecified atom stereocenters. The van der Waals surface area contributed by atoms with Gasteiger partial charge in [-0.3, -0.25) is 0 Å². The molecule has 5 heteroatoms. The lowest BCUT2D eigenvalue weighted by atomic mass is 10.1. The summed E-state index contributed by atoms with van der Waals surface area (Å²) in [5.41, 5.74) is 1.66. The van der Waals surface area contributed by atoms with E-state index < -0.39 is 0 Å². The van der Waals surface area contributed by atoms with Crippen LogP contribution in [0.3, 0.4) is 0 Å². The van der Waals surface area contributed by atoms with Gasteiger partial charge in [-0.05, 0) is 34.1 Å². The first-order chi connectivity index (χ1) is 8.15. The Hall–Kier alpha value is -1.49. The highest BCUT2D eigenvalue weighted by atomic mass is 79.9. The number of nitrogens with zero attached hydrogens (tertiary/aromatic N) is 1. The summed E-state index contributed by atoms with van der Waals surface area (Å²) in [7, 11) is 3.21. The Morgan fingerprint density at radius 1 is 1.18 bits per heavy atom. The summed E-state index contributed by atoms with van der Waals surface area (Å²) in [6.07, 6.45) is 0. The van der Waals surface area contributed by atoms with Gasteiger partial charge >= 0.3 is 0 Å². The maximum atomic E-state index is 5.33. The Balaban J connectivity index is 2.50. The number of methoxy groups -OCH3 is 2. The van der Waals surface area contributed by atoms with Gasteiger partial charge in [0.15, 0.2) is 22.1 Å². The lowest BCUT2D eigenvalue weighted by Crippen LogP contribution is -1.91. The molecule has 2 aromatic rings. The second kappa shape index (κ2) is 4.79. The number of rotatable bonds is 3. The van der Waals surface area contributed by atoms with Gasteiger partial charge in [0.05, 0.1) is 14.2 Å². The lowest BCUT2D eigenvalue weighted by molar-refractivity contribution is 0.355. The minimum Gasteiger partial charge on any atom is -0.493 e. The van der Waals surface area contributed by atoms with E-state index >= 15 is 0 Å². The van der Waals surface area contributed by atoms with Gasteiger partial charge in [0, 0.05) is 12.5 Å². The standard InChI is InChI=1S/C12H12BrNO3/c1-7-14-11(12(13)17-7)8-4-5-9(15-2)10(6-8)16-3/h4-6H,1-3H3. The van der Waals surface area contributed by atoms with Crippen LogP contribution in [-0.2, 0) is 0 Å². The topological polar surface area (TPSA) is 44.5 Å². The van der Waals surface area contributed by atoms with E-state index in [4.69, 9.17) is 13.9 Å². The molecule has 1 aromatic heterocycles. The molecule has 1 heterocycles. The highest BCUT2D eigenvalue weighted by molar-refractivity contribution is 9.10. The number of hydrogen-bond donors (Lipinski definition) is 0. The number of aryl methyl sites for hydroxylation is 1. The second-order valence-corrected chi connectivity index (χ2v) is 4.15. The second-order valence-electron chi connectivity index (χ2n) is 3.42. The number of halogens is 1. The van der Waals surface area contributed by atoms with Crippen molar-refractivity contribution < 1.29 is 13.9 Å². The third-order valence-electron chi connectivity index (χ3n) is 2.35. The van der Waals surface area contributed by atoms with Crippen molar-refractivity contribution in [3.63, 3.8) is 0 Å². The van der Waals surface area contributed by atoms with E-state index in [1.54, 1.807) is 21.1 Å². The fourth-order valence-electron chi connectivity index (χ4n) is 1.56. The molecule has 0 aliphatic heterocycles. The van der Waals surface area contributed by atoms with Crippen LogP contribution in [0.15, 0.2) is 27.3 Å². The molecular weight excluding hydrogens is 286 g/mol. The van der Waals surface area contributed by atoms with Crippen molar-refractivity contribution in [2.45, 2.75) is 6.92 Å². The fourth-order valence-corrected chi connectivity index (χ4v) is 2.12. The summed E-state index contributed by atoms with van der Waals surface area (Å²) in [6, 6.07) is 5.61. The molecule has 0 saturated heterocycles. The van der Waals surface area contributed by atoms with E-state index in [0.29, 0.717) is 22.1 Å². The summed E-state index contributed by atoms with van der Waals surface area (Å²) in [6.45, 7) is 1.80. The number of oxazole rings is 1. The van der Waals surface area contributed by atoms with E-state index in [1.807, 2.05) is 18.2 Å². The van der Waals surface area contributed by atoms with Crippen LogP contribution in [0.25, 0.3) is 11.3 Å². The average Bonchev–Trinajstić information content (AvgIpc) is 2.67. The predicted molar refractivity (Wildman–Crippen MR) is 67.5 cm³/mol. The van der Waals surface area contributed by atoms with E-state index in [-0.39, 0.29) is 0 Å². The summed E-state index contributed by atoms with van der Waals surface area (Å²) < 4.78 is 16.4. The summed E-state index contributed by atoms with van der Waals surface area (Å²) in [5, 5.41) is 0. The lowest BCUT2D eigenvalue weighted by Gasteiger charge is -2.08. The van der Waals surface area contributed by atoms with Crippen LogP contribution in [0.2, 0.25) is 0 Å². The molecular formula is C12H12BrNO3. The molecule has 0 aliphatic carbocycles. The third kappa shape index (κ3) is 2.29. The zero-order valence-corrected chi connectivity index (χ0v) is 11.4. The quantitative estimate of drug-likeness (QED) is 0.871. The maximum absolute atomic E-state index is 5.33. The molecule has 0 N–H and O–H groups in total. The molecule has 0 bridgehead atoms. The smallest absolute Gasteiger partial charge is 0.197 e.